The molecule has 8 atom stereocenters. The molecule has 0 spiro atoms. The minimum Gasteiger partial charge on any atom is -0.507 e. The molecule has 3 rings (SSSR count). The molecule has 1 fully saturated rings. The number of hydrogen-bond acceptors (Lipinski definition) is 8. The van der Waals surface area contributed by atoms with E-state index in [1.54, 1.807) is 19.1 Å². The number of ether oxygens (including phenoxy) is 2. The summed E-state index contributed by atoms with van der Waals surface area (Å²) in [4.78, 5) is 0. The smallest absolute Gasteiger partial charge is 0.186 e. The van der Waals surface area contributed by atoms with Crippen LogP contribution in [0, 0.1) is 5.92 Å². The maximum Gasteiger partial charge on any atom is 0.186 e. The first-order chi connectivity index (χ1) is 16.5. The van der Waals surface area contributed by atoms with E-state index in [2.05, 4.69) is 19.6 Å². The Labute approximate surface area is 207 Å². The Hall–Kier alpha value is -1.94. The molecule has 1 saturated heterocycles. The number of rotatable bonds is 9. The summed E-state index contributed by atoms with van der Waals surface area (Å²) in [5.41, 5.74) is 3.62. The molecule has 35 heavy (non-hydrogen) atoms. The minimum atomic E-state index is -1.48. The van der Waals surface area contributed by atoms with E-state index in [0.717, 1.165) is 24.0 Å². The maximum absolute atomic E-state index is 10.8. The molecule has 0 aromatic heterocycles. The third kappa shape index (κ3) is 6.44. The Morgan fingerprint density at radius 2 is 1.80 bits per heavy atom. The second kappa shape index (κ2) is 11.9. The van der Waals surface area contributed by atoms with E-state index in [1.807, 2.05) is 6.92 Å². The molecule has 8 heteroatoms. The van der Waals surface area contributed by atoms with Crippen molar-refractivity contribution in [2.45, 2.75) is 95.6 Å². The highest BCUT2D eigenvalue weighted by Gasteiger charge is 2.44. The molecular formula is C27H40O8. The number of phenols is 2. The van der Waals surface area contributed by atoms with Crippen LogP contribution in [0.25, 0.3) is 0 Å². The summed E-state index contributed by atoms with van der Waals surface area (Å²) in [6.07, 6.45) is -0.962. The van der Waals surface area contributed by atoms with E-state index in [4.69, 9.17) is 9.47 Å². The van der Waals surface area contributed by atoms with Crippen LogP contribution in [0.3, 0.4) is 0 Å². The fourth-order valence-electron chi connectivity index (χ4n) is 5.14. The van der Waals surface area contributed by atoms with E-state index < -0.39 is 37.3 Å². The van der Waals surface area contributed by atoms with Crippen molar-refractivity contribution in [2.75, 3.05) is 6.61 Å². The number of aliphatic hydroxyl groups is 4. The lowest BCUT2D eigenvalue weighted by Crippen LogP contribution is -2.59. The Morgan fingerprint density at radius 3 is 2.40 bits per heavy atom. The molecule has 0 radical (unpaired) electrons. The van der Waals surface area contributed by atoms with Gasteiger partial charge in [-0.15, -0.1) is 0 Å². The first kappa shape index (κ1) is 27.6. The summed E-state index contributed by atoms with van der Waals surface area (Å²) in [6.45, 7) is 9.46. The van der Waals surface area contributed by atoms with Crippen molar-refractivity contribution < 1.29 is 40.1 Å². The molecule has 1 heterocycles. The second-order valence-corrected chi connectivity index (χ2v) is 10.1. The van der Waals surface area contributed by atoms with Crippen molar-refractivity contribution in [1.82, 2.24) is 0 Å². The highest BCUT2D eigenvalue weighted by molar-refractivity contribution is 5.51. The summed E-state index contributed by atoms with van der Waals surface area (Å²) >= 11 is 0. The molecule has 1 aromatic rings. The highest BCUT2D eigenvalue weighted by atomic mass is 16.7. The van der Waals surface area contributed by atoms with E-state index in [0.29, 0.717) is 24.8 Å². The number of aryl methyl sites for hydroxylation is 1. The first-order valence-corrected chi connectivity index (χ1v) is 12.4. The quantitative estimate of drug-likeness (QED) is 0.289. The number of aromatic hydroxyl groups is 2. The fraction of sp³-hybridized carbons (Fsp3) is 0.630. The lowest BCUT2D eigenvalue weighted by atomic mass is 9.73. The predicted octanol–water partition coefficient (Wildman–Crippen LogP) is 2.64. The van der Waals surface area contributed by atoms with Gasteiger partial charge < -0.3 is 40.1 Å². The van der Waals surface area contributed by atoms with E-state index in [9.17, 15) is 30.6 Å². The van der Waals surface area contributed by atoms with Gasteiger partial charge in [0.05, 0.1) is 12.7 Å². The van der Waals surface area contributed by atoms with Crippen molar-refractivity contribution in [2.24, 2.45) is 5.92 Å². The van der Waals surface area contributed by atoms with Gasteiger partial charge in [0.15, 0.2) is 6.29 Å². The van der Waals surface area contributed by atoms with Crippen LogP contribution in [0.15, 0.2) is 35.9 Å². The van der Waals surface area contributed by atoms with Gasteiger partial charge >= 0.3 is 0 Å². The van der Waals surface area contributed by atoms with Crippen LogP contribution < -0.4 is 0 Å². The maximum atomic E-state index is 10.8. The average molecular weight is 493 g/mol. The normalized spacial score (nSPS) is 32.2. The van der Waals surface area contributed by atoms with E-state index in [1.165, 1.54) is 5.57 Å². The lowest BCUT2D eigenvalue weighted by molar-refractivity contribution is -0.310. The molecule has 1 aliphatic carbocycles. The zero-order valence-electron chi connectivity index (χ0n) is 20.8. The minimum absolute atomic E-state index is 0.0767. The van der Waals surface area contributed by atoms with Crippen LogP contribution in [0.4, 0.5) is 0 Å². The van der Waals surface area contributed by atoms with Gasteiger partial charge in [-0.05, 0) is 76.5 Å². The van der Waals surface area contributed by atoms with E-state index in [-0.39, 0.29) is 29.4 Å². The van der Waals surface area contributed by atoms with Crippen molar-refractivity contribution >= 4 is 0 Å². The van der Waals surface area contributed by atoms with Crippen molar-refractivity contribution in [1.29, 1.82) is 0 Å². The van der Waals surface area contributed by atoms with Crippen molar-refractivity contribution in [3.8, 4) is 11.5 Å². The molecule has 8 unspecified atom stereocenters. The number of allylic oxidation sites excluding steroid dienone is 3. The highest BCUT2D eigenvalue weighted by Crippen LogP contribution is 2.46. The third-order valence-electron chi connectivity index (χ3n) is 7.20. The molecular weight excluding hydrogens is 452 g/mol. The fourth-order valence-corrected chi connectivity index (χ4v) is 5.14. The van der Waals surface area contributed by atoms with Gasteiger partial charge in [0, 0.05) is 11.5 Å². The average Bonchev–Trinajstić information content (AvgIpc) is 2.79. The molecule has 2 aliphatic rings. The Morgan fingerprint density at radius 1 is 1.14 bits per heavy atom. The van der Waals surface area contributed by atoms with Crippen molar-refractivity contribution in [3.63, 3.8) is 0 Å². The van der Waals surface area contributed by atoms with Gasteiger partial charge in [0.2, 0.25) is 0 Å². The Kier molecular flexibility index (Phi) is 9.37. The number of aliphatic hydroxyl groups excluding tert-OH is 4. The largest absolute Gasteiger partial charge is 0.507 e. The molecule has 0 bridgehead atoms. The number of hydrogen-bond donors (Lipinski definition) is 6. The van der Waals surface area contributed by atoms with Crippen LogP contribution in [0.1, 0.15) is 63.5 Å². The molecule has 6 N–H and O–H groups in total. The number of phenolic OH excluding ortho intramolecular Hbond substituents is 2. The monoisotopic (exact) mass is 492 g/mol. The molecule has 196 valence electrons. The second-order valence-electron chi connectivity index (χ2n) is 10.1. The topological polar surface area (TPSA) is 140 Å². The van der Waals surface area contributed by atoms with Gasteiger partial charge in [0.25, 0.3) is 0 Å². The zero-order chi connectivity index (χ0) is 25.9. The summed E-state index contributed by atoms with van der Waals surface area (Å²) in [7, 11) is 0. The van der Waals surface area contributed by atoms with Gasteiger partial charge in [0.1, 0.15) is 35.9 Å². The lowest BCUT2D eigenvalue weighted by Gasteiger charge is -2.40. The molecule has 1 aromatic carbocycles. The Bertz CT molecular complexity index is 887. The number of benzene rings is 1. The van der Waals surface area contributed by atoms with Crippen LogP contribution >= 0.6 is 0 Å². The summed E-state index contributed by atoms with van der Waals surface area (Å²) < 4.78 is 11.1. The summed E-state index contributed by atoms with van der Waals surface area (Å²) in [5, 5.41) is 60.8. The molecule has 8 nitrogen and oxygen atoms in total. The van der Waals surface area contributed by atoms with Gasteiger partial charge in [-0.2, -0.15) is 0 Å². The van der Waals surface area contributed by atoms with Gasteiger partial charge in [-0.3, -0.25) is 0 Å². The summed E-state index contributed by atoms with van der Waals surface area (Å²) in [6, 6.07) is 3.40. The Balaban J connectivity index is 1.60. The van der Waals surface area contributed by atoms with Crippen molar-refractivity contribution in [3.05, 3.63) is 47.1 Å². The molecule has 0 saturated carbocycles. The summed E-state index contributed by atoms with van der Waals surface area (Å²) in [5.74, 6) is 0.213. The van der Waals surface area contributed by atoms with E-state index >= 15 is 0 Å². The predicted molar refractivity (Wildman–Crippen MR) is 131 cm³/mol. The van der Waals surface area contributed by atoms with Crippen LogP contribution in [-0.2, 0) is 15.9 Å². The van der Waals surface area contributed by atoms with Crippen LogP contribution in [-0.4, -0.2) is 74.1 Å². The molecule has 0 amide bonds. The zero-order valence-corrected chi connectivity index (χ0v) is 20.8. The van der Waals surface area contributed by atoms with Crippen LogP contribution in [0.2, 0.25) is 0 Å². The van der Waals surface area contributed by atoms with Crippen LogP contribution in [0.5, 0.6) is 11.5 Å². The standard InChI is InChI=1S/C27H40O8/c1-14(2)18-9-8-15(3)10-19(18)23-20(29)11-17(12-21(23)30)7-5-6-16(4)34-27-26(33)25(32)24(31)22(13-28)35-27/h10-12,16,18-19,22,24-33H,1,5-9,13H2,2-4H3. The van der Waals surface area contributed by atoms with Gasteiger partial charge in [-0.25, -0.2) is 0 Å². The van der Waals surface area contributed by atoms with Gasteiger partial charge in [-0.1, -0.05) is 23.8 Å². The SMILES string of the molecule is C=C(C)C1CCC(C)=CC1c1c(O)cc(CCCC(C)OC2OC(CO)C(O)C(O)C2O)cc1O. The first-order valence-electron chi connectivity index (χ1n) is 12.4. The molecule has 1 aliphatic heterocycles. The third-order valence-corrected chi connectivity index (χ3v) is 7.20.